The molecule has 1 heterocycles. The van der Waals surface area contributed by atoms with Gasteiger partial charge in [0.1, 0.15) is 0 Å². The van der Waals surface area contributed by atoms with Crippen LogP contribution in [0, 0.1) is 11.3 Å². The van der Waals surface area contributed by atoms with Gasteiger partial charge in [0, 0.05) is 41.9 Å². The largest absolute Gasteiger partial charge is 0.340 e. The third kappa shape index (κ3) is 2.02. The maximum absolute atomic E-state index is 12.3. The quantitative estimate of drug-likeness (QED) is 0.741. The molecule has 1 aliphatic carbocycles. The molecule has 0 bridgehead atoms. The molecule has 0 aromatic rings. The Morgan fingerprint density at radius 2 is 2.00 bits per heavy atom. The molecular formula is C11H20N2O2S. The summed E-state index contributed by atoms with van der Waals surface area (Å²) in [5.41, 5.74) is 5.47. The van der Waals surface area contributed by atoms with Crippen LogP contribution in [0.4, 0.5) is 0 Å². The van der Waals surface area contributed by atoms with E-state index in [9.17, 15) is 9.00 Å². The van der Waals surface area contributed by atoms with Crippen LogP contribution in [0.3, 0.4) is 0 Å². The molecule has 0 aromatic carbocycles. The second kappa shape index (κ2) is 4.45. The lowest BCUT2D eigenvalue weighted by Crippen LogP contribution is -2.56. The van der Waals surface area contributed by atoms with Gasteiger partial charge in [0.15, 0.2) is 0 Å². The molecule has 1 aliphatic heterocycles. The van der Waals surface area contributed by atoms with Crippen LogP contribution in [0.2, 0.25) is 0 Å². The number of hydrogen-bond donors (Lipinski definition) is 1. The van der Waals surface area contributed by atoms with Crippen LogP contribution in [0.15, 0.2) is 0 Å². The van der Waals surface area contributed by atoms with Crippen molar-refractivity contribution in [1.82, 2.24) is 4.90 Å². The fourth-order valence-electron chi connectivity index (χ4n) is 2.88. The van der Waals surface area contributed by atoms with Gasteiger partial charge in [-0.15, -0.1) is 0 Å². The molecule has 1 amide bonds. The molecule has 4 nitrogen and oxygen atoms in total. The molecule has 2 N–H and O–H groups in total. The van der Waals surface area contributed by atoms with E-state index in [4.69, 9.17) is 5.73 Å². The van der Waals surface area contributed by atoms with Crippen molar-refractivity contribution >= 4 is 16.7 Å². The first kappa shape index (κ1) is 12.0. The topological polar surface area (TPSA) is 63.4 Å². The Bertz CT molecular complexity index is 303. The predicted molar refractivity (Wildman–Crippen MR) is 64.3 cm³/mol. The Hall–Kier alpha value is -0.420. The molecule has 0 radical (unpaired) electrons. The maximum atomic E-state index is 12.3. The summed E-state index contributed by atoms with van der Waals surface area (Å²) in [6.45, 7) is 3.89. The minimum Gasteiger partial charge on any atom is -0.340 e. The number of rotatable bonds is 2. The molecule has 2 rings (SSSR count). The monoisotopic (exact) mass is 244 g/mol. The number of nitrogens with two attached hydrogens (primary N) is 1. The first-order valence-electron chi connectivity index (χ1n) is 5.92. The van der Waals surface area contributed by atoms with E-state index < -0.39 is 10.8 Å². The first-order chi connectivity index (χ1) is 7.57. The van der Waals surface area contributed by atoms with Gasteiger partial charge < -0.3 is 10.6 Å². The molecule has 0 unspecified atom stereocenters. The maximum Gasteiger partial charge on any atom is 0.230 e. The summed E-state index contributed by atoms with van der Waals surface area (Å²) in [5, 5.41) is 0. The fraction of sp³-hybridized carbons (Fsp3) is 0.909. The third-order valence-corrected chi connectivity index (χ3v) is 5.06. The molecule has 16 heavy (non-hydrogen) atoms. The van der Waals surface area contributed by atoms with Crippen LogP contribution >= 0.6 is 0 Å². The number of amides is 1. The van der Waals surface area contributed by atoms with E-state index in [1.54, 1.807) is 0 Å². The highest BCUT2D eigenvalue weighted by atomic mass is 32.2. The zero-order valence-corrected chi connectivity index (χ0v) is 10.6. The molecule has 1 saturated carbocycles. The minimum atomic E-state index is -0.722. The summed E-state index contributed by atoms with van der Waals surface area (Å²) in [6, 6.07) is 0. The van der Waals surface area contributed by atoms with E-state index in [1.165, 1.54) is 0 Å². The second-order valence-corrected chi connectivity index (χ2v) is 6.83. The number of nitrogens with zero attached hydrogens (tertiary/aromatic N) is 1. The van der Waals surface area contributed by atoms with E-state index in [-0.39, 0.29) is 11.3 Å². The molecule has 2 fully saturated rings. The van der Waals surface area contributed by atoms with Crippen LogP contribution in [0.1, 0.15) is 19.8 Å². The summed E-state index contributed by atoms with van der Waals surface area (Å²) in [7, 11) is -0.722. The van der Waals surface area contributed by atoms with Gasteiger partial charge in [0.2, 0.25) is 5.91 Å². The zero-order chi connectivity index (χ0) is 11.8. The molecule has 2 aliphatic rings. The smallest absolute Gasteiger partial charge is 0.230 e. The van der Waals surface area contributed by atoms with Crippen molar-refractivity contribution in [3.63, 3.8) is 0 Å². The molecule has 1 saturated heterocycles. The third-order valence-electron chi connectivity index (χ3n) is 3.79. The van der Waals surface area contributed by atoms with Crippen molar-refractivity contribution in [3.8, 4) is 0 Å². The van der Waals surface area contributed by atoms with Crippen molar-refractivity contribution in [3.05, 3.63) is 0 Å². The van der Waals surface area contributed by atoms with Crippen LogP contribution in [-0.4, -0.2) is 46.2 Å². The molecule has 0 aromatic heterocycles. The zero-order valence-electron chi connectivity index (χ0n) is 9.78. The van der Waals surface area contributed by atoms with Gasteiger partial charge in [-0.3, -0.25) is 9.00 Å². The van der Waals surface area contributed by atoms with Crippen molar-refractivity contribution in [2.75, 3.05) is 31.1 Å². The Kier molecular flexibility index (Phi) is 3.35. The lowest BCUT2D eigenvalue weighted by Gasteiger charge is -2.47. The normalized spacial score (nSPS) is 35.9. The number of carbonyl (C=O) groups is 1. The highest BCUT2D eigenvalue weighted by Gasteiger charge is 2.49. The SMILES string of the molecule is CC1CC(CN)(C(=O)N2CCS(=O)CC2)C1. The number of carbonyl (C=O) groups excluding carboxylic acids is 1. The van der Waals surface area contributed by atoms with Gasteiger partial charge in [-0.25, -0.2) is 0 Å². The lowest BCUT2D eigenvalue weighted by atomic mass is 9.62. The predicted octanol–water partition coefficient (Wildman–Crippen LogP) is -0.0477. The fourth-order valence-corrected chi connectivity index (χ4v) is 3.93. The molecule has 0 spiro atoms. The number of hydrogen-bond acceptors (Lipinski definition) is 3. The summed E-state index contributed by atoms with van der Waals surface area (Å²) >= 11 is 0. The molecule has 5 heteroatoms. The Balaban J connectivity index is 1.99. The second-order valence-electron chi connectivity index (χ2n) is 5.14. The van der Waals surface area contributed by atoms with Crippen LogP contribution in [0.5, 0.6) is 0 Å². The Morgan fingerprint density at radius 1 is 1.44 bits per heavy atom. The molecule has 0 atom stereocenters. The summed E-state index contributed by atoms with van der Waals surface area (Å²) in [5.74, 6) is 2.07. The van der Waals surface area contributed by atoms with Crippen molar-refractivity contribution in [1.29, 1.82) is 0 Å². The molecule has 92 valence electrons. The van der Waals surface area contributed by atoms with E-state index in [2.05, 4.69) is 6.92 Å². The van der Waals surface area contributed by atoms with Gasteiger partial charge in [0.25, 0.3) is 0 Å². The van der Waals surface area contributed by atoms with E-state index >= 15 is 0 Å². The van der Waals surface area contributed by atoms with E-state index in [1.807, 2.05) is 4.90 Å². The van der Waals surface area contributed by atoms with E-state index in [0.29, 0.717) is 37.1 Å². The summed E-state index contributed by atoms with van der Waals surface area (Å²) < 4.78 is 11.2. The van der Waals surface area contributed by atoms with Gasteiger partial charge in [-0.1, -0.05) is 6.92 Å². The van der Waals surface area contributed by atoms with Gasteiger partial charge in [0.05, 0.1) is 5.41 Å². The van der Waals surface area contributed by atoms with Crippen molar-refractivity contribution in [2.45, 2.75) is 19.8 Å². The minimum absolute atomic E-state index is 0.199. The average Bonchev–Trinajstić information content (AvgIpc) is 2.24. The van der Waals surface area contributed by atoms with Crippen molar-refractivity contribution in [2.24, 2.45) is 17.1 Å². The lowest BCUT2D eigenvalue weighted by molar-refractivity contribution is -0.149. The van der Waals surface area contributed by atoms with Crippen LogP contribution < -0.4 is 5.73 Å². The average molecular weight is 244 g/mol. The summed E-state index contributed by atoms with van der Waals surface area (Å²) in [6.07, 6.45) is 1.84. The van der Waals surface area contributed by atoms with Crippen molar-refractivity contribution < 1.29 is 9.00 Å². The highest BCUT2D eigenvalue weighted by molar-refractivity contribution is 7.85. The van der Waals surface area contributed by atoms with Gasteiger partial charge in [-0.05, 0) is 18.8 Å². The van der Waals surface area contributed by atoms with Crippen LogP contribution in [0.25, 0.3) is 0 Å². The summed E-state index contributed by atoms with van der Waals surface area (Å²) in [4.78, 5) is 14.2. The van der Waals surface area contributed by atoms with E-state index in [0.717, 1.165) is 12.8 Å². The Labute approximate surface area is 99.0 Å². The first-order valence-corrected chi connectivity index (χ1v) is 7.40. The van der Waals surface area contributed by atoms with Gasteiger partial charge >= 0.3 is 0 Å². The van der Waals surface area contributed by atoms with Gasteiger partial charge in [-0.2, -0.15) is 0 Å². The standard InChI is InChI=1S/C11H20N2O2S/c1-9-6-11(7-9,8-12)10(14)13-2-4-16(15)5-3-13/h9H,2-8,12H2,1H3. The Morgan fingerprint density at radius 3 is 2.44 bits per heavy atom. The molecular weight excluding hydrogens is 224 g/mol. The highest BCUT2D eigenvalue weighted by Crippen LogP contribution is 2.46. The van der Waals surface area contributed by atoms with Crippen LogP contribution in [-0.2, 0) is 15.6 Å².